The van der Waals surface area contributed by atoms with Gasteiger partial charge in [0, 0.05) is 6.42 Å². The fraction of sp³-hybridized carbons (Fsp3) is 0.429. The maximum atomic E-state index is 5.93. The number of fused-ring (bicyclic) bond motifs is 1. The molecule has 1 aliphatic rings. The van der Waals surface area contributed by atoms with E-state index in [0.717, 1.165) is 25.0 Å². The van der Waals surface area contributed by atoms with Gasteiger partial charge in [-0.05, 0) is 24.5 Å². The van der Waals surface area contributed by atoms with Gasteiger partial charge in [-0.2, -0.15) is 0 Å². The minimum atomic E-state index is 0.145. The Labute approximate surface area is 112 Å². The fourth-order valence-corrected chi connectivity index (χ4v) is 2.19. The molecule has 0 amide bonds. The number of hydrogen-bond donors (Lipinski definition) is 1. The third-order valence-electron chi connectivity index (χ3n) is 3.25. The van der Waals surface area contributed by atoms with E-state index in [9.17, 15) is 0 Å². The van der Waals surface area contributed by atoms with Crippen molar-refractivity contribution in [1.29, 1.82) is 0 Å². The number of nitrogens with one attached hydrogen (secondary N) is 1. The molecule has 1 aromatic carbocycles. The molecule has 1 atom stereocenters. The summed E-state index contributed by atoms with van der Waals surface area (Å²) in [6.45, 7) is 2.66. The molecule has 1 aromatic heterocycles. The van der Waals surface area contributed by atoms with Crippen molar-refractivity contribution in [2.75, 3.05) is 11.9 Å². The van der Waals surface area contributed by atoms with Gasteiger partial charge in [0.2, 0.25) is 5.89 Å². The average molecular weight is 259 g/mol. The minimum Gasteiger partial charge on any atom is -0.488 e. The highest BCUT2D eigenvalue weighted by atomic mass is 16.5. The number of hydrogen-bond acceptors (Lipinski definition) is 5. The summed E-state index contributed by atoms with van der Waals surface area (Å²) in [6.07, 6.45) is 2.94. The standard InChI is InChI=1S/C14H17N3O2/c1-2-13-16-17-14(19-13)15-9-11-8-7-10-5-3-4-6-12(10)18-11/h3-6,11H,2,7-9H2,1H3,(H,15,17)/t11-/m1/s1. The van der Waals surface area contributed by atoms with E-state index in [4.69, 9.17) is 9.15 Å². The quantitative estimate of drug-likeness (QED) is 0.913. The van der Waals surface area contributed by atoms with Crippen molar-refractivity contribution in [3.63, 3.8) is 0 Å². The average Bonchev–Trinajstić information content (AvgIpc) is 2.93. The second-order valence-corrected chi connectivity index (χ2v) is 4.62. The summed E-state index contributed by atoms with van der Waals surface area (Å²) < 4.78 is 11.3. The number of rotatable bonds is 4. The highest BCUT2D eigenvalue weighted by molar-refractivity contribution is 5.35. The predicted molar refractivity (Wildman–Crippen MR) is 71.3 cm³/mol. The van der Waals surface area contributed by atoms with Crippen LogP contribution in [0.5, 0.6) is 5.75 Å². The van der Waals surface area contributed by atoms with Gasteiger partial charge in [-0.3, -0.25) is 0 Å². The predicted octanol–water partition coefficient (Wildman–Crippen LogP) is 2.44. The van der Waals surface area contributed by atoms with E-state index in [1.807, 2.05) is 25.1 Å². The van der Waals surface area contributed by atoms with Gasteiger partial charge in [-0.1, -0.05) is 30.2 Å². The number of aryl methyl sites for hydroxylation is 2. The highest BCUT2D eigenvalue weighted by Crippen LogP contribution is 2.27. The lowest BCUT2D eigenvalue weighted by molar-refractivity contribution is 0.185. The Morgan fingerprint density at radius 1 is 1.32 bits per heavy atom. The summed E-state index contributed by atoms with van der Waals surface area (Å²) in [5.74, 6) is 1.64. The van der Waals surface area contributed by atoms with E-state index in [1.54, 1.807) is 0 Å². The van der Waals surface area contributed by atoms with Crippen LogP contribution in [0.4, 0.5) is 6.01 Å². The zero-order chi connectivity index (χ0) is 13.1. The molecule has 19 heavy (non-hydrogen) atoms. The third-order valence-corrected chi connectivity index (χ3v) is 3.25. The van der Waals surface area contributed by atoms with E-state index < -0.39 is 0 Å². The molecule has 2 heterocycles. The van der Waals surface area contributed by atoms with Gasteiger partial charge < -0.3 is 14.5 Å². The number of benzene rings is 1. The first kappa shape index (κ1) is 12.0. The molecule has 0 aliphatic carbocycles. The second-order valence-electron chi connectivity index (χ2n) is 4.62. The number of aromatic nitrogens is 2. The van der Waals surface area contributed by atoms with Crippen LogP contribution in [0.15, 0.2) is 28.7 Å². The van der Waals surface area contributed by atoms with Crippen LogP contribution in [0.25, 0.3) is 0 Å². The maximum Gasteiger partial charge on any atom is 0.315 e. The summed E-state index contributed by atoms with van der Waals surface area (Å²) in [7, 11) is 0. The molecular formula is C14H17N3O2. The number of ether oxygens (including phenoxy) is 1. The summed E-state index contributed by atoms with van der Waals surface area (Å²) in [5, 5.41) is 11.0. The first-order valence-corrected chi connectivity index (χ1v) is 6.66. The number of para-hydroxylation sites is 1. The Morgan fingerprint density at radius 2 is 2.21 bits per heavy atom. The zero-order valence-electron chi connectivity index (χ0n) is 10.9. The second kappa shape index (κ2) is 5.30. The lowest BCUT2D eigenvalue weighted by Crippen LogP contribution is -2.30. The smallest absolute Gasteiger partial charge is 0.315 e. The largest absolute Gasteiger partial charge is 0.488 e. The van der Waals surface area contributed by atoms with Crippen molar-refractivity contribution >= 4 is 6.01 Å². The lowest BCUT2D eigenvalue weighted by atomic mass is 10.0. The van der Waals surface area contributed by atoms with Crippen LogP contribution >= 0.6 is 0 Å². The van der Waals surface area contributed by atoms with Gasteiger partial charge in [-0.25, -0.2) is 0 Å². The maximum absolute atomic E-state index is 5.93. The van der Waals surface area contributed by atoms with Crippen LogP contribution in [0.3, 0.4) is 0 Å². The molecule has 0 saturated carbocycles. The molecule has 0 bridgehead atoms. The summed E-state index contributed by atoms with van der Waals surface area (Å²) in [4.78, 5) is 0. The molecule has 0 fully saturated rings. The van der Waals surface area contributed by atoms with Crippen molar-refractivity contribution in [3.05, 3.63) is 35.7 Å². The van der Waals surface area contributed by atoms with Crippen LogP contribution in [0.2, 0.25) is 0 Å². The molecule has 1 aliphatic heterocycles. The van der Waals surface area contributed by atoms with Gasteiger partial charge in [0.25, 0.3) is 0 Å². The van der Waals surface area contributed by atoms with Crippen LogP contribution in [0, 0.1) is 0 Å². The van der Waals surface area contributed by atoms with E-state index in [1.165, 1.54) is 5.56 Å². The molecule has 3 rings (SSSR count). The minimum absolute atomic E-state index is 0.145. The molecule has 0 radical (unpaired) electrons. The van der Waals surface area contributed by atoms with Crippen molar-refractivity contribution in [1.82, 2.24) is 10.2 Å². The van der Waals surface area contributed by atoms with Gasteiger partial charge in [0.1, 0.15) is 11.9 Å². The zero-order valence-corrected chi connectivity index (χ0v) is 10.9. The summed E-state index contributed by atoms with van der Waals surface area (Å²) in [5.41, 5.74) is 1.28. The molecule has 2 aromatic rings. The monoisotopic (exact) mass is 259 g/mol. The Balaban J connectivity index is 1.57. The van der Waals surface area contributed by atoms with E-state index in [2.05, 4.69) is 21.6 Å². The van der Waals surface area contributed by atoms with Gasteiger partial charge in [0.05, 0.1) is 6.54 Å². The van der Waals surface area contributed by atoms with Crippen molar-refractivity contribution in [3.8, 4) is 5.75 Å². The Bertz CT molecular complexity index is 553. The summed E-state index contributed by atoms with van der Waals surface area (Å²) >= 11 is 0. The van der Waals surface area contributed by atoms with Crippen molar-refractivity contribution in [2.24, 2.45) is 0 Å². The topological polar surface area (TPSA) is 60.2 Å². The van der Waals surface area contributed by atoms with E-state index in [0.29, 0.717) is 18.5 Å². The third kappa shape index (κ3) is 2.70. The summed E-state index contributed by atoms with van der Waals surface area (Å²) in [6, 6.07) is 8.65. The molecule has 5 nitrogen and oxygen atoms in total. The lowest BCUT2D eigenvalue weighted by Gasteiger charge is -2.25. The molecule has 5 heteroatoms. The fourth-order valence-electron chi connectivity index (χ4n) is 2.19. The van der Waals surface area contributed by atoms with Gasteiger partial charge in [-0.15, -0.1) is 5.10 Å². The Morgan fingerprint density at radius 3 is 3.05 bits per heavy atom. The first-order valence-electron chi connectivity index (χ1n) is 6.66. The molecule has 0 spiro atoms. The molecule has 100 valence electrons. The van der Waals surface area contributed by atoms with Crippen LogP contribution < -0.4 is 10.1 Å². The number of anilines is 1. The Hall–Kier alpha value is -2.04. The molecular weight excluding hydrogens is 242 g/mol. The Kier molecular flexibility index (Phi) is 3.35. The van der Waals surface area contributed by atoms with Gasteiger partial charge in [0.15, 0.2) is 0 Å². The van der Waals surface area contributed by atoms with E-state index in [-0.39, 0.29) is 6.10 Å². The number of nitrogens with zero attached hydrogens (tertiary/aromatic N) is 2. The molecule has 0 unspecified atom stereocenters. The van der Waals surface area contributed by atoms with Crippen molar-refractivity contribution < 1.29 is 9.15 Å². The normalized spacial score (nSPS) is 17.6. The van der Waals surface area contributed by atoms with Crippen LogP contribution in [0.1, 0.15) is 24.8 Å². The van der Waals surface area contributed by atoms with Gasteiger partial charge >= 0.3 is 6.01 Å². The van der Waals surface area contributed by atoms with Crippen molar-refractivity contribution in [2.45, 2.75) is 32.3 Å². The molecule has 1 N–H and O–H groups in total. The van der Waals surface area contributed by atoms with Crippen LogP contribution in [-0.2, 0) is 12.8 Å². The van der Waals surface area contributed by atoms with Crippen LogP contribution in [-0.4, -0.2) is 22.8 Å². The first-order chi connectivity index (χ1) is 9.35. The highest BCUT2D eigenvalue weighted by Gasteiger charge is 2.19. The molecule has 0 saturated heterocycles. The van der Waals surface area contributed by atoms with E-state index >= 15 is 0 Å². The SMILES string of the molecule is CCc1nnc(NC[C@H]2CCc3ccccc3O2)o1.